The summed E-state index contributed by atoms with van der Waals surface area (Å²) in [6.45, 7) is 12.0. The number of benzene rings is 1. The molecule has 0 bridgehead atoms. The van der Waals surface area contributed by atoms with E-state index in [2.05, 4.69) is 39.9 Å². The van der Waals surface area contributed by atoms with Gasteiger partial charge in [0.2, 0.25) is 0 Å². The fourth-order valence-corrected chi connectivity index (χ4v) is 3.51. The Bertz CT molecular complexity index is 480. The number of nitrogens with one attached hydrogen (secondary N) is 1. The maximum atomic E-state index is 13.5. The molecular formula is C17H25F2N. The smallest absolute Gasteiger partial charge is 0.159 e. The number of hydrogen-bond acceptors (Lipinski definition) is 1. The van der Waals surface area contributed by atoms with E-state index in [0.29, 0.717) is 5.92 Å². The van der Waals surface area contributed by atoms with Crippen LogP contribution in [0.25, 0.3) is 0 Å². The minimum atomic E-state index is -0.780. The quantitative estimate of drug-likeness (QED) is 0.825. The third kappa shape index (κ3) is 2.37. The Hall–Kier alpha value is -0.960. The number of halogens is 2. The first-order valence-electron chi connectivity index (χ1n) is 7.41. The van der Waals surface area contributed by atoms with Gasteiger partial charge in [-0.25, -0.2) is 8.78 Å². The molecule has 0 aliphatic heterocycles. The molecule has 1 fully saturated rings. The number of hydrogen-bond donors (Lipinski definition) is 1. The van der Waals surface area contributed by atoms with Crippen molar-refractivity contribution in [3.05, 3.63) is 35.4 Å². The van der Waals surface area contributed by atoms with E-state index >= 15 is 0 Å². The van der Waals surface area contributed by atoms with Gasteiger partial charge < -0.3 is 5.32 Å². The SMILES string of the molecule is CCCNC(c1ccc(F)c(F)c1)C1C(C)(C)C1(C)C. The highest BCUT2D eigenvalue weighted by Gasteiger charge is 2.67. The summed E-state index contributed by atoms with van der Waals surface area (Å²) >= 11 is 0. The molecule has 0 amide bonds. The van der Waals surface area contributed by atoms with E-state index in [4.69, 9.17) is 0 Å². The fraction of sp³-hybridized carbons (Fsp3) is 0.647. The molecule has 1 N–H and O–H groups in total. The van der Waals surface area contributed by atoms with Gasteiger partial charge in [0, 0.05) is 6.04 Å². The van der Waals surface area contributed by atoms with Crippen LogP contribution >= 0.6 is 0 Å². The van der Waals surface area contributed by atoms with Crippen LogP contribution in [0.1, 0.15) is 52.6 Å². The molecule has 1 aliphatic carbocycles. The lowest BCUT2D eigenvalue weighted by Crippen LogP contribution is -2.26. The Labute approximate surface area is 120 Å². The van der Waals surface area contributed by atoms with Gasteiger partial charge in [0.25, 0.3) is 0 Å². The Morgan fingerprint density at radius 2 is 1.70 bits per heavy atom. The van der Waals surface area contributed by atoms with Crippen LogP contribution in [-0.4, -0.2) is 6.54 Å². The average molecular weight is 281 g/mol. The summed E-state index contributed by atoms with van der Waals surface area (Å²) in [5, 5.41) is 3.52. The molecule has 0 spiro atoms. The molecule has 1 aromatic carbocycles. The van der Waals surface area contributed by atoms with Crippen molar-refractivity contribution in [1.29, 1.82) is 0 Å². The molecule has 0 heterocycles. The molecule has 2 rings (SSSR count). The summed E-state index contributed by atoms with van der Waals surface area (Å²) in [5.74, 6) is -1.12. The van der Waals surface area contributed by atoms with Crippen molar-refractivity contribution >= 4 is 0 Å². The van der Waals surface area contributed by atoms with Gasteiger partial charge in [0.15, 0.2) is 11.6 Å². The van der Waals surface area contributed by atoms with Crippen LogP contribution in [0.3, 0.4) is 0 Å². The maximum Gasteiger partial charge on any atom is 0.159 e. The Morgan fingerprint density at radius 3 is 2.15 bits per heavy atom. The molecule has 0 saturated heterocycles. The van der Waals surface area contributed by atoms with Crippen molar-refractivity contribution in [3.8, 4) is 0 Å². The Balaban J connectivity index is 2.31. The van der Waals surface area contributed by atoms with Crippen LogP contribution in [0.2, 0.25) is 0 Å². The van der Waals surface area contributed by atoms with Gasteiger partial charge in [-0.3, -0.25) is 0 Å². The molecular weight excluding hydrogens is 256 g/mol. The van der Waals surface area contributed by atoms with E-state index < -0.39 is 11.6 Å². The van der Waals surface area contributed by atoms with Crippen LogP contribution in [0.4, 0.5) is 8.78 Å². The van der Waals surface area contributed by atoms with Crippen LogP contribution in [0.5, 0.6) is 0 Å². The second-order valence-electron chi connectivity index (χ2n) is 7.03. The topological polar surface area (TPSA) is 12.0 Å². The van der Waals surface area contributed by atoms with Gasteiger partial charge in [0.1, 0.15) is 0 Å². The van der Waals surface area contributed by atoms with E-state index in [1.807, 2.05) is 0 Å². The van der Waals surface area contributed by atoms with Crippen LogP contribution < -0.4 is 5.32 Å². The first-order valence-corrected chi connectivity index (χ1v) is 7.41. The standard InChI is InChI=1S/C17H25F2N/c1-6-9-20-14(15-16(2,3)17(15,4)5)11-7-8-12(18)13(19)10-11/h7-8,10,14-15,20H,6,9H2,1-5H3. The summed E-state index contributed by atoms with van der Waals surface area (Å²) in [5.41, 5.74) is 1.24. The molecule has 0 aromatic heterocycles. The Morgan fingerprint density at radius 1 is 1.10 bits per heavy atom. The van der Waals surface area contributed by atoms with Gasteiger partial charge in [0.05, 0.1) is 0 Å². The first-order chi connectivity index (χ1) is 9.23. The highest BCUT2D eigenvalue weighted by Crippen LogP contribution is 2.72. The van der Waals surface area contributed by atoms with E-state index in [-0.39, 0.29) is 16.9 Å². The minimum Gasteiger partial charge on any atom is -0.310 e. The average Bonchev–Trinajstić information content (AvgIpc) is 2.76. The van der Waals surface area contributed by atoms with Gasteiger partial charge in [-0.15, -0.1) is 0 Å². The van der Waals surface area contributed by atoms with E-state index in [0.717, 1.165) is 18.5 Å². The minimum absolute atomic E-state index is 0.0787. The molecule has 1 aromatic rings. The largest absolute Gasteiger partial charge is 0.310 e. The zero-order chi connectivity index (χ0) is 15.1. The molecule has 1 unspecified atom stereocenters. The lowest BCUT2D eigenvalue weighted by Gasteiger charge is -2.21. The van der Waals surface area contributed by atoms with Crippen molar-refractivity contribution in [2.45, 2.75) is 47.1 Å². The normalized spacial score (nSPS) is 21.8. The highest BCUT2D eigenvalue weighted by molar-refractivity contribution is 5.28. The van der Waals surface area contributed by atoms with E-state index in [1.165, 1.54) is 12.1 Å². The van der Waals surface area contributed by atoms with Crippen molar-refractivity contribution < 1.29 is 8.78 Å². The molecule has 0 radical (unpaired) electrons. The first kappa shape index (κ1) is 15.4. The van der Waals surface area contributed by atoms with Crippen molar-refractivity contribution in [2.24, 2.45) is 16.7 Å². The second-order valence-corrected chi connectivity index (χ2v) is 7.03. The molecule has 112 valence electrons. The third-order valence-electron chi connectivity index (χ3n) is 5.38. The highest BCUT2D eigenvalue weighted by atomic mass is 19.2. The molecule has 20 heavy (non-hydrogen) atoms. The summed E-state index contributed by atoms with van der Waals surface area (Å²) in [7, 11) is 0. The number of rotatable bonds is 5. The lowest BCUT2D eigenvalue weighted by atomic mass is 9.96. The van der Waals surface area contributed by atoms with Gasteiger partial charge in [-0.2, -0.15) is 0 Å². The summed E-state index contributed by atoms with van der Waals surface area (Å²) in [6, 6.07) is 4.35. The zero-order valence-corrected chi connectivity index (χ0v) is 13.1. The van der Waals surface area contributed by atoms with E-state index in [9.17, 15) is 8.78 Å². The van der Waals surface area contributed by atoms with Crippen molar-refractivity contribution in [1.82, 2.24) is 5.32 Å². The van der Waals surface area contributed by atoms with E-state index in [1.54, 1.807) is 6.07 Å². The summed E-state index contributed by atoms with van der Waals surface area (Å²) in [4.78, 5) is 0. The molecule has 1 aliphatic rings. The van der Waals surface area contributed by atoms with Crippen LogP contribution in [-0.2, 0) is 0 Å². The maximum absolute atomic E-state index is 13.5. The second kappa shape index (κ2) is 5.10. The van der Waals surface area contributed by atoms with Crippen LogP contribution in [0, 0.1) is 28.4 Å². The van der Waals surface area contributed by atoms with Crippen molar-refractivity contribution in [2.75, 3.05) is 6.54 Å². The summed E-state index contributed by atoms with van der Waals surface area (Å²) in [6.07, 6.45) is 1.02. The molecule has 1 nitrogen and oxygen atoms in total. The van der Waals surface area contributed by atoms with Crippen molar-refractivity contribution in [3.63, 3.8) is 0 Å². The third-order valence-corrected chi connectivity index (χ3v) is 5.38. The predicted octanol–water partition coefficient (Wildman–Crippen LogP) is 4.69. The monoisotopic (exact) mass is 281 g/mol. The molecule has 1 saturated carbocycles. The fourth-order valence-electron chi connectivity index (χ4n) is 3.51. The zero-order valence-electron chi connectivity index (χ0n) is 13.1. The van der Waals surface area contributed by atoms with Gasteiger partial charge in [-0.1, -0.05) is 40.7 Å². The molecule has 1 atom stereocenters. The predicted molar refractivity (Wildman–Crippen MR) is 78.4 cm³/mol. The Kier molecular flexibility index (Phi) is 3.94. The summed E-state index contributed by atoms with van der Waals surface area (Å²) < 4.78 is 26.7. The van der Waals surface area contributed by atoms with Crippen LogP contribution in [0.15, 0.2) is 18.2 Å². The van der Waals surface area contributed by atoms with Gasteiger partial charge in [-0.05, 0) is 47.4 Å². The molecule has 3 heteroatoms. The van der Waals surface area contributed by atoms with Gasteiger partial charge >= 0.3 is 0 Å². The lowest BCUT2D eigenvalue weighted by molar-refractivity contribution is 0.406.